The van der Waals surface area contributed by atoms with Gasteiger partial charge in [-0.2, -0.15) is 0 Å². The Morgan fingerprint density at radius 3 is 2.39 bits per heavy atom. The van der Waals surface area contributed by atoms with E-state index >= 15 is 0 Å². The first-order valence-electron chi connectivity index (χ1n) is 13.7. The van der Waals surface area contributed by atoms with Crippen molar-refractivity contribution in [2.75, 3.05) is 26.7 Å². The summed E-state index contributed by atoms with van der Waals surface area (Å²) in [6.45, 7) is 8.68. The fourth-order valence-electron chi connectivity index (χ4n) is 5.73. The van der Waals surface area contributed by atoms with Gasteiger partial charge in [-0.05, 0) is 64.7 Å². The van der Waals surface area contributed by atoms with Crippen molar-refractivity contribution < 1.29 is 23.9 Å². The molecule has 0 radical (unpaired) electrons. The highest BCUT2D eigenvalue weighted by molar-refractivity contribution is 5.99. The van der Waals surface area contributed by atoms with Gasteiger partial charge in [0.15, 0.2) is 0 Å². The van der Waals surface area contributed by atoms with Crippen molar-refractivity contribution >= 4 is 28.8 Å². The summed E-state index contributed by atoms with van der Waals surface area (Å²) in [6.07, 6.45) is 4.52. The summed E-state index contributed by atoms with van der Waals surface area (Å²) in [7, 11) is 3.51. The van der Waals surface area contributed by atoms with Crippen molar-refractivity contribution in [2.24, 2.45) is 13.0 Å². The van der Waals surface area contributed by atoms with Crippen LogP contribution in [0, 0.1) is 5.92 Å². The Balaban J connectivity index is 1.47. The molecule has 4 rings (SSSR count). The first-order chi connectivity index (χ1) is 18.0. The van der Waals surface area contributed by atoms with Gasteiger partial charge in [-0.3, -0.25) is 9.59 Å². The van der Waals surface area contributed by atoms with Gasteiger partial charge >= 0.3 is 6.09 Å². The maximum atomic E-state index is 13.8. The van der Waals surface area contributed by atoms with Gasteiger partial charge in [0.25, 0.3) is 5.91 Å². The predicted octanol–water partition coefficient (Wildman–Crippen LogP) is 4.33. The van der Waals surface area contributed by atoms with E-state index in [1.165, 1.54) is 0 Å². The van der Waals surface area contributed by atoms with Crippen LogP contribution >= 0.6 is 0 Å². The molecule has 2 aromatic rings. The molecule has 1 saturated heterocycles. The zero-order valence-corrected chi connectivity index (χ0v) is 23.6. The molecular weight excluding hydrogens is 484 g/mol. The van der Waals surface area contributed by atoms with E-state index in [1.54, 1.807) is 12.0 Å². The molecule has 1 aromatic heterocycles. The molecule has 1 saturated carbocycles. The number of benzene rings is 1. The van der Waals surface area contributed by atoms with E-state index in [2.05, 4.69) is 5.32 Å². The minimum absolute atomic E-state index is 0.0574. The molecule has 208 valence electrons. The quantitative estimate of drug-likeness (QED) is 0.626. The highest BCUT2D eigenvalue weighted by atomic mass is 16.6. The zero-order valence-electron chi connectivity index (χ0n) is 23.6. The number of methoxy groups -OCH3 is 1. The molecule has 2 aliphatic rings. The van der Waals surface area contributed by atoms with Gasteiger partial charge in [0.05, 0.1) is 12.6 Å². The van der Waals surface area contributed by atoms with Crippen molar-refractivity contribution in [3.05, 3.63) is 30.0 Å². The molecule has 1 N–H and O–H groups in total. The fraction of sp³-hybridized carbons (Fsp3) is 0.621. The van der Waals surface area contributed by atoms with Crippen LogP contribution in [-0.2, 0) is 16.6 Å². The van der Waals surface area contributed by atoms with Crippen LogP contribution in [0.5, 0.6) is 5.75 Å². The van der Waals surface area contributed by atoms with Crippen LogP contribution in [0.2, 0.25) is 0 Å². The molecule has 38 heavy (non-hydrogen) atoms. The Morgan fingerprint density at radius 1 is 1.05 bits per heavy atom. The van der Waals surface area contributed by atoms with Gasteiger partial charge in [-0.1, -0.05) is 19.3 Å². The third-order valence-electron chi connectivity index (χ3n) is 7.73. The molecule has 9 heteroatoms. The van der Waals surface area contributed by atoms with E-state index in [1.807, 2.05) is 68.5 Å². The lowest BCUT2D eigenvalue weighted by atomic mass is 9.83. The molecule has 0 spiro atoms. The highest BCUT2D eigenvalue weighted by Crippen LogP contribution is 2.29. The zero-order chi connectivity index (χ0) is 27.6. The number of aryl methyl sites for hydroxylation is 1. The van der Waals surface area contributed by atoms with Gasteiger partial charge in [0.2, 0.25) is 5.91 Å². The lowest BCUT2D eigenvalue weighted by Gasteiger charge is -2.42. The van der Waals surface area contributed by atoms with E-state index in [4.69, 9.17) is 9.47 Å². The predicted molar refractivity (Wildman–Crippen MR) is 146 cm³/mol. The molecule has 1 aliphatic carbocycles. The van der Waals surface area contributed by atoms with E-state index in [0.29, 0.717) is 25.3 Å². The Hall–Kier alpha value is -3.23. The maximum absolute atomic E-state index is 13.8. The van der Waals surface area contributed by atoms with Crippen molar-refractivity contribution in [1.82, 2.24) is 19.7 Å². The first kappa shape index (κ1) is 27.8. The van der Waals surface area contributed by atoms with Gasteiger partial charge in [-0.25, -0.2) is 4.79 Å². The number of alkyl carbamates (subject to hydrolysis) is 1. The summed E-state index contributed by atoms with van der Waals surface area (Å²) in [6, 6.07) is 6.89. The van der Waals surface area contributed by atoms with Crippen LogP contribution in [0.4, 0.5) is 4.79 Å². The SMILES string of the molecule is COc1ccc2cc(C(=O)N3CCN(C(=O)[C@@H](NC(=O)OC(C)(C)C)C4CCCCC4)C[C@H]3C)n(C)c2c1. The van der Waals surface area contributed by atoms with Crippen molar-refractivity contribution in [3.63, 3.8) is 0 Å². The Labute approximate surface area is 225 Å². The van der Waals surface area contributed by atoms with E-state index < -0.39 is 17.7 Å². The van der Waals surface area contributed by atoms with Crippen LogP contribution in [-0.4, -0.2) is 76.7 Å². The minimum Gasteiger partial charge on any atom is -0.497 e. The molecule has 3 amide bonds. The van der Waals surface area contributed by atoms with E-state index in [0.717, 1.165) is 48.8 Å². The number of hydrogen-bond acceptors (Lipinski definition) is 5. The molecule has 2 fully saturated rings. The second-order valence-corrected chi connectivity index (χ2v) is 11.7. The number of ether oxygens (including phenoxy) is 2. The van der Waals surface area contributed by atoms with Crippen molar-refractivity contribution in [2.45, 2.75) is 77.5 Å². The first-order valence-corrected chi connectivity index (χ1v) is 13.7. The maximum Gasteiger partial charge on any atom is 0.408 e. The van der Waals surface area contributed by atoms with E-state index in [9.17, 15) is 14.4 Å². The monoisotopic (exact) mass is 526 g/mol. The van der Waals surface area contributed by atoms with Gasteiger partial charge < -0.3 is 29.2 Å². The summed E-state index contributed by atoms with van der Waals surface area (Å²) in [5.74, 6) is 0.689. The average molecular weight is 527 g/mol. The summed E-state index contributed by atoms with van der Waals surface area (Å²) in [5, 5.41) is 3.87. The number of amides is 3. The summed E-state index contributed by atoms with van der Waals surface area (Å²) < 4.78 is 12.7. The van der Waals surface area contributed by atoms with Crippen LogP contribution < -0.4 is 10.1 Å². The molecule has 1 aromatic carbocycles. The van der Waals surface area contributed by atoms with Crippen LogP contribution in [0.15, 0.2) is 24.3 Å². The number of carbonyl (C=O) groups is 3. The largest absolute Gasteiger partial charge is 0.497 e. The Kier molecular flexibility index (Phi) is 8.23. The molecule has 9 nitrogen and oxygen atoms in total. The van der Waals surface area contributed by atoms with Gasteiger partial charge in [-0.15, -0.1) is 0 Å². The summed E-state index contributed by atoms with van der Waals surface area (Å²) >= 11 is 0. The highest BCUT2D eigenvalue weighted by Gasteiger charge is 2.38. The smallest absolute Gasteiger partial charge is 0.408 e. The molecular formula is C29H42N4O5. The molecule has 0 unspecified atom stereocenters. The lowest BCUT2D eigenvalue weighted by molar-refractivity contribution is -0.137. The van der Waals surface area contributed by atoms with E-state index in [-0.39, 0.29) is 23.8 Å². The third-order valence-corrected chi connectivity index (χ3v) is 7.73. The standard InChI is InChI=1S/C29H42N4O5/c1-19-18-32(27(35)25(20-10-8-7-9-11-20)30-28(36)38-29(2,3)4)14-15-33(19)26(34)24-16-21-12-13-22(37-6)17-23(21)31(24)5/h12-13,16-17,19-20,25H,7-11,14-15,18H2,1-6H3,(H,30,36)/t19-,25+/m1/s1. The average Bonchev–Trinajstić information content (AvgIpc) is 3.21. The lowest BCUT2D eigenvalue weighted by Crippen LogP contribution is -2.60. The number of carbonyl (C=O) groups excluding carboxylic acids is 3. The number of aromatic nitrogens is 1. The number of hydrogen-bond donors (Lipinski definition) is 1. The van der Waals surface area contributed by atoms with Gasteiger partial charge in [0, 0.05) is 44.2 Å². The van der Waals surface area contributed by atoms with Crippen LogP contribution in [0.25, 0.3) is 10.9 Å². The Morgan fingerprint density at radius 2 is 1.76 bits per heavy atom. The van der Waals surface area contributed by atoms with Crippen LogP contribution in [0.1, 0.15) is 70.3 Å². The molecule has 1 aliphatic heterocycles. The molecule has 0 bridgehead atoms. The van der Waals surface area contributed by atoms with Gasteiger partial charge in [0.1, 0.15) is 23.1 Å². The fourth-order valence-corrected chi connectivity index (χ4v) is 5.73. The number of nitrogens with one attached hydrogen (secondary N) is 1. The number of rotatable bonds is 5. The van der Waals surface area contributed by atoms with Crippen LogP contribution in [0.3, 0.4) is 0 Å². The number of fused-ring (bicyclic) bond motifs is 1. The third kappa shape index (κ3) is 6.08. The topological polar surface area (TPSA) is 93.1 Å². The minimum atomic E-state index is -0.641. The summed E-state index contributed by atoms with van der Waals surface area (Å²) in [4.78, 5) is 43.6. The normalized spacial score (nSPS) is 19.8. The summed E-state index contributed by atoms with van der Waals surface area (Å²) in [5.41, 5.74) is 0.890. The second-order valence-electron chi connectivity index (χ2n) is 11.7. The molecule has 2 heterocycles. The second kappa shape index (κ2) is 11.3. The molecule has 2 atom stereocenters. The number of piperazine rings is 1. The van der Waals surface area contributed by atoms with Crippen molar-refractivity contribution in [1.29, 1.82) is 0 Å². The number of nitrogens with zero attached hydrogens (tertiary/aromatic N) is 3. The Bertz CT molecular complexity index is 1180. The van der Waals surface area contributed by atoms with Crippen molar-refractivity contribution in [3.8, 4) is 5.75 Å².